The third-order valence-electron chi connectivity index (χ3n) is 4.28. The molecule has 0 bridgehead atoms. The third kappa shape index (κ3) is 3.90. The smallest absolute Gasteiger partial charge is 0.266 e. The van der Waals surface area contributed by atoms with Crippen LogP contribution in [0.25, 0.3) is 16.6 Å². The van der Waals surface area contributed by atoms with Crippen molar-refractivity contribution in [2.45, 2.75) is 31.2 Å². The molecule has 2 aromatic carbocycles. The standard InChI is InChI=1S/C21H23N3O2S/c1-13-10-14(2)12-16(11-13)24-20(26)17-8-6-7-9-18(17)22-21(24)27-15(3)19(25)23(4)5/h6-12,15H,1-5H3/t15-/m1/s1. The first-order chi connectivity index (χ1) is 12.8. The molecule has 6 heteroatoms. The number of hydrogen-bond donors (Lipinski definition) is 0. The molecule has 0 aliphatic heterocycles. The number of hydrogen-bond acceptors (Lipinski definition) is 4. The summed E-state index contributed by atoms with van der Waals surface area (Å²) in [6.45, 7) is 5.84. The van der Waals surface area contributed by atoms with Gasteiger partial charge >= 0.3 is 0 Å². The number of thioether (sulfide) groups is 1. The number of fused-ring (bicyclic) bond motifs is 1. The normalized spacial score (nSPS) is 12.2. The minimum absolute atomic E-state index is 0.0191. The van der Waals surface area contributed by atoms with Crippen LogP contribution in [-0.4, -0.2) is 39.7 Å². The highest BCUT2D eigenvalue weighted by Crippen LogP contribution is 2.26. The Bertz CT molecular complexity index is 1050. The minimum atomic E-state index is -0.356. The summed E-state index contributed by atoms with van der Waals surface area (Å²) >= 11 is 1.30. The van der Waals surface area contributed by atoms with E-state index in [1.807, 2.05) is 51.1 Å². The van der Waals surface area contributed by atoms with Crippen LogP contribution in [0.1, 0.15) is 18.1 Å². The van der Waals surface area contributed by atoms with Crippen molar-refractivity contribution in [2.24, 2.45) is 0 Å². The summed E-state index contributed by atoms with van der Waals surface area (Å²) in [5, 5.41) is 0.726. The number of para-hydroxylation sites is 1. The molecule has 1 amide bonds. The first-order valence-corrected chi connectivity index (χ1v) is 9.64. The van der Waals surface area contributed by atoms with Crippen molar-refractivity contribution in [1.82, 2.24) is 14.5 Å². The van der Waals surface area contributed by atoms with Crippen LogP contribution in [0.5, 0.6) is 0 Å². The van der Waals surface area contributed by atoms with Crippen molar-refractivity contribution in [3.8, 4) is 5.69 Å². The van der Waals surface area contributed by atoms with Gasteiger partial charge in [0.05, 0.1) is 21.8 Å². The van der Waals surface area contributed by atoms with Crippen LogP contribution in [0.15, 0.2) is 52.4 Å². The topological polar surface area (TPSA) is 55.2 Å². The summed E-state index contributed by atoms with van der Waals surface area (Å²) in [5.74, 6) is -0.0191. The molecule has 0 fully saturated rings. The van der Waals surface area contributed by atoms with Gasteiger partial charge in [-0.05, 0) is 56.2 Å². The summed E-state index contributed by atoms with van der Waals surface area (Å²) in [4.78, 5) is 31.9. The Morgan fingerprint density at radius 1 is 1.11 bits per heavy atom. The second-order valence-electron chi connectivity index (χ2n) is 6.89. The average molecular weight is 382 g/mol. The van der Waals surface area contributed by atoms with Crippen molar-refractivity contribution >= 4 is 28.6 Å². The number of nitrogens with zero attached hydrogens (tertiary/aromatic N) is 3. The van der Waals surface area contributed by atoms with Crippen LogP contribution >= 0.6 is 11.8 Å². The van der Waals surface area contributed by atoms with Crippen LogP contribution in [0.4, 0.5) is 0 Å². The van der Waals surface area contributed by atoms with Gasteiger partial charge in [0.1, 0.15) is 0 Å². The largest absolute Gasteiger partial charge is 0.348 e. The quantitative estimate of drug-likeness (QED) is 0.512. The Balaban J connectivity index is 2.24. The van der Waals surface area contributed by atoms with Crippen molar-refractivity contribution in [1.29, 1.82) is 0 Å². The average Bonchev–Trinajstić information content (AvgIpc) is 2.60. The second kappa shape index (κ2) is 7.56. The molecule has 0 spiro atoms. The summed E-state index contributed by atoms with van der Waals surface area (Å²) in [6, 6.07) is 13.3. The van der Waals surface area contributed by atoms with Gasteiger partial charge in [0.25, 0.3) is 5.56 Å². The van der Waals surface area contributed by atoms with E-state index in [1.165, 1.54) is 11.8 Å². The number of amides is 1. The maximum atomic E-state index is 13.3. The van der Waals surface area contributed by atoms with Crippen LogP contribution in [0.2, 0.25) is 0 Å². The second-order valence-corrected chi connectivity index (χ2v) is 8.20. The lowest BCUT2D eigenvalue weighted by Gasteiger charge is -2.19. The molecule has 1 atom stereocenters. The summed E-state index contributed by atoms with van der Waals surface area (Å²) in [7, 11) is 3.45. The molecule has 1 aromatic heterocycles. The van der Waals surface area contributed by atoms with Gasteiger partial charge in [-0.2, -0.15) is 0 Å². The van der Waals surface area contributed by atoms with E-state index in [1.54, 1.807) is 29.6 Å². The molecule has 140 valence electrons. The van der Waals surface area contributed by atoms with E-state index in [9.17, 15) is 9.59 Å². The molecule has 3 aromatic rings. The highest BCUT2D eigenvalue weighted by molar-refractivity contribution is 8.00. The maximum Gasteiger partial charge on any atom is 0.266 e. The van der Waals surface area contributed by atoms with Gasteiger partial charge in [-0.3, -0.25) is 14.2 Å². The number of aryl methyl sites for hydroxylation is 2. The van der Waals surface area contributed by atoms with Gasteiger partial charge in [-0.1, -0.05) is 30.0 Å². The molecule has 5 nitrogen and oxygen atoms in total. The molecule has 27 heavy (non-hydrogen) atoms. The molecule has 0 saturated carbocycles. The van der Waals surface area contributed by atoms with E-state index in [4.69, 9.17) is 4.98 Å². The van der Waals surface area contributed by atoms with Crippen LogP contribution in [-0.2, 0) is 4.79 Å². The molecule has 0 N–H and O–H groups in total. The molecular formula is C21H23N3O2S. The molecule has 1 heterocycles. The Labute approximate surface area is 163 Å². The predicted molar refractivity (Wildman–Crippen MR) is 111 cm³/mol. The Morgan fingerprint density at radius 3 is 2.37 bits per heavy atom. The number of carbonyl (C=O) groups excluding carboxylic acids is 1. The Morgan fingerprint density at radius 2 is 1.74 bits per heavy atom. The zero-order chi connectivity index (χ0) is 19.7. The number of rotatable bonds is 4. The summed E-state index contributed by atoms with van der Waals surface area (Å²) in [5.41, 5.74) is 3.41. The Hall–Kier alpha value is -2.60. The van der Waals surface area contributed by atoms with Crippen molar-refractivity contribution < 1.29 is 4.79 Å². The summed E-state index contributed by atoms with van der Waals surface area (Å²) in [6.07, 6.45) is 0. The van der Waals surface area contributed by atoms with E-state index in [0.29, 0.717) is 16.1 Å². The van der Waals surface area contributed by atoms with E-state index < -0.39 is 0 Å². The zero-order valence-electron chi connectivity index (χ0n) is 16.2. The molecule has 0 aliphatic carbocycles. The third-order valence-corrected chi connectivity index (χ3v) is 5.32. The van der Waals surface area contributed by atoms with Crippen molar-refractivity contribution in [3.63, 3.8) is 0 Å². The number of benzene rings is 2. The first kappa shape index (κ1) is 19.2. The molecule has 0 unspecified atom stereocenters. The lowest BCUT2D eigenvalue weighted by atomic mass is 10.1. The van der Waals surface area contributed by atoms with Gasteiger partial charge in [-0.25, -0.2) is 4.98 Å². The van der Waals surface area contributed by atoms with Gasteiger partial charge in [0.15, 0.2) is 5.16 Å². The monoisotopic (exact) mass is 381 g/mol. The molecule has 0 aliphatic rings. The van der Waals surface area contributed by atoms with Crippen LogP contribution in [0.3, 0.4) is 0 Å². The van der Waals surface area contributed by atoms with Gasteiger partial charge in [-0.15, -0.1) is 0 Å². The SMILES string of the molecule is Cc1cc(C)cc(-n2c(S[C@H](C)C(=O)N(C)C)nc3ccccc3c2=O)c1. The van der Waals surface area contributed by atoms with E-state index in [-0.39, 0.29) is 16.7 Å². The summed E-state index contributed by atoms with van der Waals surface area (Å²) < 4.78 is 1.62. The zero-order valence-corrected chi connectivity index (χ0v) is 17.0. The number of aromatic nitrogens is 2. The minimum Gasteiger partial charge on any atom is -0.348 e. The van der Waals surface area contributed by atoms with E-state index in [0.717, 1.165) is 16.8 Å². The van der Waals surface area contributed by atoms with Crippen molar-refractivity contribution in [2.75, 3.05) is 14.1 Å². The van der Waals surface area contributed by atoms with Crippen molar-refractivity contribution in [3.05, 3.63) is 63.9 Å². The first-order valence-electron chi connectivity index (χ1n) is 8.76. The lowest BCUT2D eigenvalue weighted by molar-refractivity contribution is -0.127. The molecule has 0 saturated heterocycles. The maximum absolute atomic E-state index is 13.3. The fourth-order valence-corrected chi connectivity index (χ4v) is 4.14. The van der Waals surface area contributed by atoms with Crippen LogP contribution < -0.4 is 5.56 Å². The van der Waals surface area contributed by atoms with Gasteiger partial charge in [0.2, 0.25) is 5.91 Å². The predicted octanol–water partition coefficient (Wildman–Crippen LogP) is 3.57. The fraction of sp³-hybridized carbons (Fsp3) is 0.286. The highest BCUT2D eigenvalue weighted by atomic mass is 32.2. The molecular weight excluding hydrogens is 358 g/mol. The van der Waals surface area contributed by atoms with E-state index >= 15 is 0 Å². The molecule has 3 rings (SSSR count). The number of carbonyl (C=O) groups is 1. The lowest BCUT2D eigenvalue weighted by Crippen LogP contribution is -2.31. The van der Waals surface area contributed by atoms with Gasteiger partial charge < -0.3 is 4.90 Å². The highest BCUT2D eigenvalue weighted by Gasteiger charge is 2.21. The van der Waals surface area contributed by atoms with Gasteiger partial charge in [0, 0.05) is 14.1 Å². The Kier molecular flexibility index (Phi) is 5.37. The fourth-order valence-electron chi connectivity index (χ4n) is 3.07. The van der Waals surface area contributed by atoms with E-state index in [2.05, 4.69) is 6.07 Å². The molecule has 0 radical (unpaired) electrons. The van der Waals surface area contributed by atoms with Crippen LogP contribution in [0, 0.1) is 13.8 Å².